The fraction of sp³-hybridized carbons (Fsp3) is 0.522. The van der Waals surface area contributed by atoms with Crippen molar-refractivity contribution in [3.05, 3.63) is 36.0 Å². The number of alkyl halides is 3. The number of rotatable bonds is 4. The minimum atomic E-state index is -4.54. The van der Waals surface area contributed by atoms with Crippen LogP contribution in [0, 0.1) is 5.92 Å². The van der Waals surface area contributed by atoms with E-state index in [0.29, 0.717) is 24.0 Å². The van der Waals surface area contributed by atoms with Crippen LogP contribution in [0.5, 0.6) is 0 Å². The second-order valence-corrected chi connectivity index (χ2v) is 9.43. The zero-order valence-electron chi connectivity index (χ0n) is 19.0. The number of pyridine rings is 1. The maximum absolute atomic E-state index is 13.5. The van der Waals surface area contributed by atoms with Gasteiger partial charge in [-0.15, -0.1) is 0 Å². The molecule has 1 saturated heterocycles. The second-order valence-electron chi connectivity index (χ2n) is 9.43. The summed E-state index contributed by atoms with van der Waals surface area (Å²) in [4.78, 5) is 31.3. The summed E-state index contributed by atoms with van der Waals surface area (Å²) in [6, 6.07) is 5.10. The monoisotopic (exact) mass is 475 g/mol. The molecule has 2 aromatic rings. The van der Waals surface area contributed by atoms with E-state index in [4.69, 9.17) is 4.74 Å². The van der Waals surface area contributed by atoms with E-state index in [2.05, 4.69) is 4.98 Å². The van der Waals surface area contributed by atoms with Gasteiger partial charge in [0.2, 0.25) is 0 Å². The Hall–Kier alpha value is -2.44. The first-order chi connectivity index (χ1) is 15.3. The van der Waals surface area contributed by atoms with Crippen molar-refractivity contribution >= 4 is 47.5 Å². The van der Waals surface area contributed by atoms with Gasteiger partial charge in [-0.1, -0.05) is 6.92 Å². The molecule has 2 heterocycles. The number of hydrogen-bond acceptors (Lipinski definition) is 5. The number of hydrogen-bond donors (Lipinski definition) is 1. The van der Waals surface area contributed by atoms with Crippen LogP contribution in [0.2, 0.25) is 0 Å². The number of anilines is 1. The molecule has 1 aromatic heterocycles. The molecule has 0 aliphatic carbocycles. The van der Waals surface area contributed by atoms with E-state index >= 15 is 0 Å². The summed E-state index contributed by atoms with van der Waals surface area (Å²) in [5, 5.41) is 9.73. The van der Waals surface area contributed by atoms with Gasteiger partial charge in [-0.3, -0.25) is 14.7 Å². The molecule has 0 spiro atoms. The van der Waals surface area contributed by atoms with Crippen LogP contribution in [-0.2, 0) is 15.7 Å². The van der Waals surface area contributed by atoms with Crippen LogP contribution < -0.4 is 4.90 Å². The first-order valence-electron chi connectivity index (χ1n) is 10.7. The van der Waals surface area contributed by atoms with Gasteiger partial charge < -0.3 is 14.7 Å². The van der Waals surface area contributed by atoms with Gasteiger partial charge in [0, 0.05) is 30.4 Å². The van der Waals surface area contributed by atoms with Crippen LogP contribution in [0.3, 0.4) is 0 Å². The number of carbonyl (C=O) groups is 2. The molecule has 1 aliphatic rings. The molecule has 0 bridgehead atoms. The van der Waals surface area contributed by atoms with E-state index in [1.807, 2.05) is 11.8 Å². The number of benzene rings is 1. The van der Waals surface area contributed by atoms with Crippen LogP contribution >= 0.6 is 0 Å². The van der Waals surface area contributed by atoms with Crippen molar-refractivity contribution in [1.82, 2.24) is 9.88 Å². The number of halogens is 3. The number of fused-ring (bicyclic) bond motifs is 1. The van der Waals surface area contributed by atoms with Crippen molar-refractivity contribution < 1.29 is 32.6 Å². The van der Waals surface area contributed by atoms with Gasteiger partial charge in [0.1, 0.15) is 12.1 Å². The quantitative estimate of drug-likeness (QED) is 0.670. The molecular formula is C23H29F3LiN3O4. The maximum atomic E-state index is 13.5. The predicted molar refractivity (Wildman–Crippen MR) is 124 cm³/mol. The Bertz CT molecular complexity index is 1040. The number of carboxylic acids is 1. The number of carboxylic acid groups (broad SMARTS) is 1. The van der Waals surface area contributed by atoms with Gasteiger partial charge in [-0.05, 0) is 57.4 Å². The summed E-state index contributed by atoms with van der Waals surface area (Å²) in [6.07, 6.45) is -3.42. The van der Waals surface area contributed by atoms with Crippen LogP contribution in [0.15, 0.2) is 30.5 Å². The van der Waals surface area contributed by atoms with Crippen molar-refractivity contribution in [3.63, 3.8) is 0 Å². The summed E-state index contributed by atoms with van der Waals surface area (Å²) in [5.74, 6) is -1.12. The topological polar surface area (TPSA) is 83.0 Å². The first kappa shape index (κ1) is 27.8. The molecule has 0 radical (unpaired) electrons. The predicted octanol–water partition coefficient (Wildman–Crippen LogP) is 4.14. The standard InChI is InChI=1S/C23H28F3N3O4.Li.H/c1-14-10-15(29(13-19(30)31)21(32)33-22(2,3)4)12-28(11-14)18-8-7-17(23(24,25)26)20-16(18)6-5-9-27-20;;/h5-9,14-15H,10-13H2,1-4H3,(H,30,31);;/t14-,15+;;/m0../s1. The third-order valence-electron chi connectivity index (χ3n) is 5.40. The Morgan fingerprint density at radius 1 is 1.21 bits per heavy atom. The Morgan fingerprint density at radius 2 is 1.88 bits per heavy atom. The molecule has 1 aliphatic heterocycles. The molecule has 182 valence electrons. The normalized spacial score (nSPS) is 18.9. The Kier molecular flexibility index (Phi) is 8.54. The number of carbonyl (C=O) groups excluding carboxylic acids is 1. The van der Waals surface area contributed by atoms with Gasteiger partial charge >= 0.3 is 37.1 Å². The van der Waals surface area contributed by atoms with E-state index in [1.165, 1.54) is 17.2 Å². The SMILES string of the molecule is C[C@H]1C[C@@H](N(CC(=O)O)C(=O)OC(C)(C)C)CN(c2ccc(C(F)(F)F)c3ncccc23)C1.[LiH]. The third kappa shape index (κ3) is 6.57. The van der Waals surface area contributed by atoms with Gasteiger partial charge in [-0.2, -0.15) is 13.2 Å². The van der Waals surface area contributed by atoms with Crippen LogP contribution in [0.25, 0.3) is 10.9 Å². The van der Waals surface area contributed by atoms with E-state index in [1.54, 1.807) is 32.9 Å². The molecule has 1 N–H and O–H groups in total. The second kappa shape index (κ2) is 10.4. The van der Waals surface area contributed by atoms with E-state index in [0.717, 1.165) is 6.07 Å². The Morgan fingerprint density at radius 3 is 2.47 bits per heavy atom. The van der Waals surface area contributed by atoms with Crippen molar-refractivity contribution in [2.24, 2.45) is 5.92 Å². The zero-order valence-corrected chi connectivity index (χ0v) is 19.0. The number of piperidine rings is 1. The minimum absolute atomic E-state index is 0. The molecule has 11 heteroatoms. The van der Waals surface area contributed by atoms with Gasteiger partial charge in [0.05, 0.1) is 17.1 Å². The summed E-state index contributed by atoms with van der Waals surface area (Å²) in [5.41, 5.74) is -1.21. The third-order valence-corrected chi connectivity index (χ3v) is 5.40. The molecule has 1 fully saturated rings. The van der Waals surface area contributed by atoms with Crippen molar-refractivity contribution in [1.29, 1.82) is 0 Å². The van der Waals surface area contributed by atoms with Crippen LogP contribution in [-0.4, -0.2) is 77.2 Å². The van der Waals surface area contributed by atoms with Gasteiger partial charge in [-0.25, -0.2) is 4.79 Å². The number of aromatic nitrogens is 1. The van der Waals surface area contributed by atoms with Crippen LogP contribution in [0.1, 0.15) is 39.7 Å². The van der Waals surface area contributed by atoms with Crippen molar-refractivity contribution in [2.75, 3.05) is 24.5 Å². The first-order valence-corrected chi connectivity index (χ1v) is 10.7. The average molecular weight is 475 g/mol. The molecule has 7 nitrogen and oxygen atoms in total. The summed E-state index contributed by atoms with van der Waals surface area (Å²) in [7, 11) is 0. The average Bonchev–Trinajstić information content (AvgIpc) is 2.68. The molecule has 0 saturated carbocycles. The summed E-state index contributed by atoms with van der Waals surface area (Å²) in [6.45, 7) is 7.31. The molecule has 0 unspecified atom stereocenters. The number of amides is 1. The van der Waals surface area contributed by atoms with Gasteiger partial charge in [0.25, 0.3) is 0 Å². The summed E-state index contributed by atoms with van der Waals surface area (Å²) < 4.78 is 45.9. The summed E-state index contributed by atoms with van der Waals surface area (Å²) >= 11 is 0. The fourth-order valence-electron chi connectivity index (χ4n) is 4.21. The zero-order chi connectivity index (χ0) is 24.6. The van der Waals surface area contributed by atoms with E-state index in [9.17, 15) is 27.9 Å². The Balaban J connectivity index is 0.00000408. The van der Waals surface area contributed by atoms with Crippen LogP contribution in [0.4, 0.5) is 23.7 Å². The number of aliphatic carboxylic acids is 1. The molecule has 2 atom stereocenters. The molecule has 34 heavy (non-hydrogen) atoms. The van der Waals surface area contributed by atoms with E-state index < -0.39 is 42.0 Å². The molecule has 3 rings (SSSR count). The molecule has 1 amide bonds. The number of ether oxygens (including phenoxy) is 1. The Labute approximate surface area is 208 Å². The van der Waals surface area contributed by atoms with E-state index in [-0.39, 0.29) is 36.8 Å². The van der Waals surface area contributed by atoms with Gasteiger partial charge in [0.15, 0.2) is 0 Å². The fourth-order valence-corrected chi connectivity index (χ4v) is 4.21. The number of nitrogens with zero attached hydrogens (tertiary/aromatic N) is 3. The van der Waals surface area contributed by atoms with Crippen molar-refractivity contribution in [3.8, 4) is 0 Å². The molecule has 1 aromatic carbocycles. The molecular weight excluding hydrogens is 446 g/mol. The van der Waals surface area contributed by atoms with Crippen molar-refractivity contribution in [2.45, 2.75) is 51.9 Å².